The molecule has 18 heavy (non-hydrogen) atoms. The van der Waals surface area contributed by atoms with Gasteiger partial charge in [-0.3, -0.25) is 9.59 Å². The highest BCUT2D eigenvalue weighted by atomic mass is 16.6. The Balaban J connectivity index is 2.22. The average Bonchev–Trinajstić information content (AvgIpc) is 2.24. The molecule has 0 aromatic rings. The molecule has 0 radical (unpaired) electrons. The summed E-state index contributed by atoms with van der Waals surface area (Å²) in [4.78, 5) is 22.4. The number of hydrogen-bond donors (Lipinski definition) is 1. The average molecular weight is 256 g/mol. The van der Waals surface area contributed by atoms with E-state index in [0.717, 1.165) is 32.1 Å². The zero-order chi connectivity index (χ0) is 13.8. The Morgan fingerprint density at radius 1 is 1.17 bits per heavy atom. The molecule has 0 aliphatic heterocycles. The van der Waals surface area contributed by atoms with E-state index in [1.54, 1.807) is 0 Å². The minimum atomic E-state index is -0.680. The Morgan fingerprint density at radius 3 is 2.17 bits per heavy atom. The standard InChI is InChI=1S/C14H24O4/c1-14(2,3)18-12(15)9-6-10-4-7-11(8-5-10)13(16)17/h10-11H,4-9H2,1-3H3,(H,16,17). The molecule has 104 valence electrons. The summed E-state index contributed by atoms with van der Waals surface area (Å²) in [7, 11) is 0. The fraction of sp³-hybridized carbons (Fsp3) is 0.857. The van der Waals surface area contributed by atoms with Crippen molar-refractivity contribution in [1.29, 1.82) is 0 Å². The van der Waals surface area contributed by atoms with E-state index in [1.807, 2.05) is 20.8 Å². The largest absolute Gasteiger partial charge is 0.481 e. The molecule has 0 atom stereocenters. The van der Waals surface area contributed by atoms with Gasteiger partial charge in [-0.05, 0) is 58.8 Å². The lowest BCUT2D eigenvalue weighted by Crippen LogP contribution is -2.25. The molecule has 0 aromatic carbocycles. The molecule has 1 fully saturated rings. The van der Waals surface area contributed by atoms with Gasteiger partial charge in [0, 0.05) is 6.42 Å². The van der Waals surface area contributed by atoms with Gasteiger partial charge >= 0.3 is 11.9 Å². The quantitative estimate of drug-likeness (QED) is 0.785. The van der Waals surface area contributed by atoms with Gasteiger partial charge in [0.05, 0.1) is 5.92 Å². The maximum atomic E-state index is 11.6. The van der Waals surface area contributed by atoms with Crippen molar-refractivity contribution in [2.75, 3.05) is 0 Å². The summed E-state index contributed by atoms with van der Waals surface area (Å²) >= 11 is 0. The molecular weight excluding hydrogens is 232 g/mol. The fourth-order valence-electron chi connectivity index (χ4n) is 2.41. The summed E-state index contributed by atoms with van der Waals surface area (Å²) in [5.41, 5.74) is -0.419. The third-order valence-electron chi connectivity index (χ3n) is 3.37. The maximum absolute atomic E-state index is 11.6. The molecule has 1 rings (SSSR count). The first kappa shape index (κ1) is 15.0. The highest BCUT2D eigenvalue weighted by Crippen LogP contribution is 2.31. The van der Waals surface area contributed by atoms with Crippen LogP contribution in [0.3, 0.4) is 0 Å². The lowest BCUT2D eigenvalue weighted by molar-refractivity contribution is -0.155. The van der Waals surface area contributed by atoms with Crippen LogP contribution < -0.4 is 0 Å². The SMILES string of the molecule is CC(C)(C)OC(=O)CCC1CCC(C(=O)O)CC1. The molecule has 4 heteroatoms. The number of carbonyl (C=O) groups excluding carboxylic acids is 1. The van der Waals surface area contributed by atoms with Crippen LogP contribution in [0.15, 0.2) is 0 Å². The molecule has 0 bridgehead atoms. The number of carboxylic acids is 1. The molecule has 0 spiro atoms. The highest BCUT2D eigenvalue weighted by Gasteiger charge is 2.26. The number of ether oxygens (including phenoxy) is 1. The van der Waals surface area contributed by atoms with Gasteiger partial charge in [0.1, 0.15) is 5.60 Å². The van der Waals surface area contributed by atoms with Gasteiger partial charge in [0.2, 0.25) is 0 Å². The van der Waals surface area contributed by atoms with E-state index in [2.05, 4.69) is 0 Å². The molecule has 0 amide bonds. The molecule has 0 aromatic heterocycles. The van der Waals surface area contributed by atoms with Crippen LogP contribution in [0.1, 0.15) is 59.3 Å². The second-order valence-electron chi connectivity index (χ2n) is 6.18. The monoisotopic (exact) mass is 256 g/mol. The van der Waals surface area contributed by atoms with Crippen LogP contribution in [-0.4, -0.2) is 22.6 Å². The first-order chi connectivity index (χ1) is 8.28. The first-order valence-electron chi connectivity index (χ1n) is 6.72. The van der Waals surface area contributed by atoms with Crippen LogP contribution in [-0.2, 0) is 14.3 Å². The van der Waals surface area contributed by atoms with Gasteiger partial charge in [-0.15, -0.1) is 0 Å². The first-order valence-corrected chi connectivity index (χ1v) is 6.72. The maximum Gasteiger partial charge on any atom is 0.306 e. The molecule has 1 saturated carbocycles. The summed E-state index contributed by atoms with van der Waals surface area (Å²) in [6.45, 7) is 5.59. The van der Waals surface area contributed by atoms with Crippen molar-refractivity contribution in [3.05, 3.63) is 0 Å². The molecule has 0 heterocycles. The predicted octanol–water partition coefficient (Wildman–Crippen LogP) is 3.00. The van der Waals surface area contributed by atoms with E-state index in [1.165, 1.54) is 0 Å². The second kappa shape index (κ2) is 6.21. The van der Waals surface area contributed by atoms with E-state index in [9.17, 15) is 9.59 Å². The van der Waals surface area contributed by atoms with Crippen molar-refractivity contribution in [3.8, 4) is 0 Å². The fourth-order valence-corrected chi connectivity index (χ4v) is 2.41. The van der Waals surface area contributed by atoms with Crippen LogP contribution in [0.25, 0.3) is 0 Å². The number of carbonyl (C=O) groups is 2. The van der Waals surface area contributed by atoms with Crippen molar-refractivity contribution < 1.29 is 19.4 Å². The number of esters is 1. The third kappa shape index (κ3) is 5.52. The Labute approximate surface area is 109 Å². The summed E-state index contributed by atoms with van der Waals surface area (Å²) in [5, 5.41) is 8.90. The zero-order valence-electron chi connectivity index (χ0n) is 11.6. The van der Waals surface area contributed by atoms with Crippen LogP contribution in [0.5, 0.6) is 0 Å². The van der Waals surface area contributed by atoms with Crippen molar-refractivity contribution in [2.45, 2.75) is 64.9 Å². The van der Waals surface area contributed by atoms with Crippen LogP contribution in [0, 0.1) is 11.8 Å². The summed E-state index contributed by atoms with van der Waals surface area (Å²) in [6.07, 6.45) is 4.59. The predicted molar refractivity (Wildman–Crippen MR) is 68.2 cm³/mol. The number of carboxylic acid groups (broad SMARTS) is 1. The Bertz CT molecular complexity index is 295. The van der Waals surface area contributed by atoms with E-state index in [-0.39, 0.29) is 11.9 Å². The minimum Gasteiger partial charge on any atom is -0.481 e. The number of hydrogen-bond acceptors (Lipinski definition) is 3. The molecule has 4 nitrogen and oxygen atoms in total. The van der Waals surface area contributed by atoms with Gasteiger partial charge in [0.25, 0.3) is 0 Å². The summed E-state index contributed by atoms with van der Waals surface area (Å²) in [6, 6.07) is 0. The van der Waals surface area contributed by atoms with E-state index < -0.39 is 11.6 Å². The smallest absolute Gasteiger partial charge is 0.306 e. The van der Waals surface area contributed by atoms with Crippen LogP contribution in [0.4, 0.5) is 0 Å². The molecule has 0 unspecified atom stereocenters. The number of rotatable bonds is 4. The molecule has 0 saturated heterocycles. The lowest BCUT2D eigenvalue weighted by atomic mass is 9.80. The van der Waals surface area contributed by atoms with Crippen LogP contribution >= 0.6 is 0 Å². The Hall–Kier alpha value is -1.06. The molecule has 1 aliphatic rings. The summed E-state index contributed by atoms with van der Waals surface area (Å²) in [5.74, 6) is -0.528. The molecule has 1 N–H and O–H groups in total. The molecular formula is C14H24O4. The van der Waals surface area contributed by atoms with Gasteiger partial charge in [-0.25, -0.2) is 0 Å². The van der Waals surface area contributed by atoms with Crippen molar-refractivity contribution in [3.63, 3.8) is 0 Å². The Kier molecular flexibility index (Phi) is 5.17. The van der Waals surface area contributed by atoms with Crippen molar-refractivity contribution in [1.82, 2.24) is 0 Å². The van der Waals surface area contributed by atoms with E-state index in [4.69, 9.17) is 9.84 Å². The normalized spacial score (nSPS) is 24.6. The van der Waals surface area contributed by atoms with Gasteiger partial charge < -0.3 is 9.84 Å². The van der Waals surface area contributed by atoms with Gasteiger partial charge in [0.15, 0.2) is 0 Å². The highest BCUT2D eigenvalue weighted by molar-refractivity contribution is 5.70. The second-order valence-corrected chi connectivity index (χ2v) is 6.18. The topological polar surface area (TPSA) is 63.6 Å². The van der Waals surface area contributed by atoms with E-state index >= 15 is 0 Å². The minimum absolute atomic E-state index is 0.150. The zero-order valence-corrected chi connectivity index (χ0v) is 11.6. The lowest BCUT2D eigenvalue weighted by Gasteiger charge is -2.26. The Morgan fingerprint density at radius 2 is 1.72 bits per heavy atom. The van der Waals surface area contributed by atoms with Gasteiger partial charge in [-0.1, -0.05) is 0 Å². The summed E-state index contributed by atoms with van der Waals surface area (Å²) < 4.78 is 5.26. The van der Waals surface area contributed by atoms with Crippen molar-refractivity contribution >= 4 is 11.9 Å². The molecule has 1 aliphatic carbocycles. The third-order valence-corrected chi connectivity index (χ3v) is 3.37. The van der Waals surface area contributed by atoms with Gasteiger partial charge in [-0.2, -0.15) is 0 Å². The van der Waals surface area contributed by atoms with Crippen LogP contribution in [0.2, 0.25) is 0 Å². The van der Waals surface area contributed by atoms with Crippen molar-refractivity contribution in [2.24, 2.45) is 11.8 Å². The number of aliphatic carboxylic acids is 1. The van der Waals surface area contributed by atoms with E-state index in [0.29, 0.717) is 12.3 Å².